The molecule has 100 valence electrons. The quantitative estimate of drug-likeness (QED) is 0.624. The van der Waals surface area contributed by atoms with E-state index >= 15 is 0 Å². The van der Waals surface area contributed by atoms with Crippen molar-refractivity contribution in [3.63, 3.8) is 0 Å². The number of nitrogens with one attached hydrogen (secondary N) is 1. The third-order valence-electron chi connectivity index (χ3n) is 2.37. The Morgan fingerprint density at radius 2 is 2.22 bits per heavy atom. The second kappa shape index (κ2) is 7.54. The Bertz CT molecular complexity index is 410. The van der Waals surface area contributed by atoms with Gasteiger partial charge in [0.05, 0.1) is 5.75 Å². The lowest BCUT2D eigenvalue weighted by atomic mass is 10.1. The number of hydrogen-bond acceptors (Lipinski definition) is 3. The third-order valence-corrected chi connectivity index (χ3v) is 3.70. The van der Waals surface area contributed by atoms with Gasteiger partial charge in [-0.25, -0.2) is 0 Å². The van der Waals surface area contributed by atoms with E-state index < -0.39 is 0 Å². The maximum Gasteiger partial charge on any atom is 0.230 e. The van der Waals surface area contributed by atoms with Crippen LogP contribution < -0.4 is 11.1 Å². The van der Waals surface area contributed by atoms with Gasteiger partial charge in [-0.15, -0.1) is 11.8 Å². The molecule has 3 nitrogen and oxygen atoms in total. The van der Waals surface area contributed by atoms with Crippen LogP contribution in [0.3, 0.4) is 0 Å². The molecule has 0 fully saturated rings. The SMILES string of the molecule is CC(C)CCNC(=O)CSc1ccc(Cl)cc1N. The summed E-state index contributed by atoms with van der Waals surface area (Å²) in [7, 11) is 0. The number of anilines is 1. The molecule has 0 radical (unpaired) electrons. The lowest BCUT2D eigenvalue weighted by Gasteiger charge is -2.08. The first-order chi connectivity index (χ1) is 8.49. The van der Waals surface area contributed by atoms with Gasteiger partial charge in [-0.05, 0) is 30.5 Å². The van der Waals surface area contributed by atoms with E-state index in [9.17, 15) is 4.79 Å². The molecule has 0 aliphatic carbocycles. The van der Waals surface area contributed by atoms with E-state index in [1.54, 1.807) is 12.1 Å². The molecule has 0 bridgehead atoms. The minimum absolute atomic E-state index is 0.0370. The van der Waals surface area contributed by atoms with E-state index in [1.165, 1.54) is 11.8 Å². The molecule has 0 atom stereocenters. The van der Waals surface area contributed by atoms with Gasteiger partial charge in [-0.1, -0.05) is 25.4 Å². The lowest BCUT2D eigenvalue weighted by Crippen LogP contribution is -2.26. The normalized spacial score (nSPS) is 10.7. The van der Waals surface area contributed by atoms with Gasteiger partial charge in [0.25, 0.3) is 0 Å². The monoisotopic (exact) mass is 286 g/mol. The summed E-state index contributed by atoms with van der Waals surface area (Å²) < 4.78 is 0. The Hall–Kier alpha value is -0.870. The summed E-state index contributed by atoms with van der Waals surface area (Å²) >= 11 is 7.24. The summed E-state index contributed by atoms with van der Waals surface area (Å²) in [5.74, 6) is 1.02. The highest BCUT2D eigenvalue weighted by Gasteiger charge is 2.05. The molecule has 1 aromatic rings. The largest absolute Gasteiger partial charge is 0.398 e. The summed E-state index contributed by atoms with van der Waals surface area (Å²) in [6.45, 7) is 5.00. The second-order valence-corrected chi connectivity index (χ2v) is 5.96. The molecule has 0 aliphatic heterocycles. The molecular formula is C13H19ClN2OS. The van der Waals surface area contributed by atoms with Crippen molar-refractivity contribution in [2.45, 2.75) is 25.2 Å². The predicted molar refractivity (Wildman–Crippen MR) is 79.1 cm³/mol. The Morgan fingerprint density at radius 1 is 1.50 bits per heavy atom. The fourth-order valence-electron chi connectivity index (χ4n) is 1.35. The Morgan fingerprint density at radius 3 is 2.83 bits per heavy atom. The predicted octanol–water partition coefficient (Wildman–Crippen LogP) is 3.18. The number of benzene rings is 1. The molecule has 0 aromatic heterocycles. The van der Waals surface area contributed by atoms with E-state index in [1.807, 2.05) is 6.07 Å². The maximum absolute atomic E-state index is 11.6. The number of amides is 1. The van der Waals surface area contributed by atoms with E-state index in [-0.39, 0.29) is 5.91 Å². The Kier molecular flexibility index (Phi) is 6.36. The summed E-state index contributed by atoms with van der Waals surface area (Å²) in [5.41, 5.74) is 6.42. The molecule has 1 aromatic carbocycles. The maximum atomic E-state index is 11.6. The van der Waals surface area contributed by atoms with Gasteiger partial charge >= 0.3 is 0 Å². The number of hydrogen-bond donors (Lipinski definition) is 2. The van der Waals surface area contributed by atoms with Crippen molar-refractivity contribution in [1.29, 1.82) is 0 Å². The van der Waals surface area contributed by atoms with Gasteiger partial charge in [0.1, 0.15) is 0 Å². The van der Waals surface area contributed by atoms with Crippen molar-refractivity contribution >= 4 is 35.0 Å². The fourth-order valence-corrected chi connectivity index (χ4v) is 2.30. The van der Waals surface area contributed by atoms with Crippen molar-refractivity contribution in [2.75, 3.05) is 18.0 Å². The van der Waals surface area contributed by atoms with Crippen molar-refractivity contribution in [3.05, 3.63) is 23.2 Å². The molecule has 0 saturated heterocycles. The molecule has 1 amide bonds. The van der Waals surface area contributed by atoms with Crippen LogP contribution in [0.5, 0.6) is 0 Å². The average Bonchev–Trinajstić information content (AvgIpc) is 2.27. The van der Waals surface area contributed by atoms with E-state index in [4.69, 9.17) is 17.3 Å². The number of carbonyl (C=O) groups excluding carboxylic acids is 1. The molecule has 3 N–H and O–H groups in total. The molecular weight excluding hydrogens is 268 g/mol. The number of nitrogens with two attached hydrogens (primary N) is 1. The smallest absolute Gasteiger partial charge is 0.230 e. The van der Waals surface area contributed by atoms with Gasteiger partial charge in [0, 0.05) is 22.2 Å². The van der Waals surface area contributed by atoms with E-state index in [0.29, 0.717) is 22.4 Å². The Balaban J connectivity index is 2.33. The van der Waals surface area contributed by atoms with Crippen molar-refractivity contribution in [2.24, 2.45) is 5.92 Å². The van der Waals surface area contributed by atoms with E-state index in [0.717, 1.165) is 17.9 Å². The summed E-state index contributed by atoms with van der Waals surface area (Å²) in [5, 5.41) is 3.50. The average molecular weight is 287 g/mol. The van der Waals surface area contributed by atoms with Crippen LogP contribution in [0.2, 0.25) is 5.02 Å². The van der Waals surface area contributed by atoms with Crippen molar-refractivity contribution in [3.8, 4) is 0 Å². The van der Waals surface area contributed by atoms with Gasteiger partial charge in [0.2, 0.25) is 5.91 Å². The second-order valence-electron chi connectivity index (χ2n) is 4.50. The van der Waals surface area contributed by atoms with Crippen LogP contribution in [0, 0.1) is 5.92 Å². The molecule has 0 heterocycles. The first kappa shape index (κ1) is 15.2. The number of nitrogen functional groups attached to an aromatic ring is 1. The molecule has 1 rings (SSSR count). The molecule has 0 unspecified atom stereocenters. The summed E-state index contributed by atoms with van der Waals surface area (Å²) in [6, 6.07) is 5.31. The fraction of sp³-hybridized carbons (Fsp3) is 0.462. The van der Waals surface area contributed by atoms with Crippen LogP contribution in [0.4, 0.5) is 5.69 Å². The van der Waals surface area contributed by atoms with Gasteiger partial charge in [-0.2, -0.15) is 0 Å². The number of thioether (sulfide) groups is 1. The highest BCUT2D eigenvalue weighted by Crippen LogP contribution is 2.27. The Labute approximate surface area is 117 Å². The van der Waals surface area contributed by atoms with Crippen LogP contribution >= 0.6 is 23.4 Å². The molecule has 0 spiro atoms. The number of carbonyl (C=O) groups is 1. The first-order valence-corrected chi connectivity index (χ1v) is 7.30. The van der Waals surface area contributed by atoms with Crippen molar-refractivity contribution < 1.29 is 4.79 Å². The number of halogens is 1. The van der Waals surface area contributed by atoms with Crippen LogP contribution in [0.1, 0.15) is 20.3 Å². The first-order valence-electron chi connectivity index (χ1n) is 5.93. The third kappa shape index (κ3) is 5.65. The van der Waals surface area contributed by atoms with Crippen LogP contribution in [-0.4, -0.2) is 18.2 Å². The van der Waals surface area contributed by atoms with E-state index in [2.05, 4.69) is 19.2 Å². The minimum Gasteiger partial charge on any atom is -0.398 e. The highest BCUT2D eigenvalue weighted by atomic mass is 35.5. The lowest BCUT2D eigenvalue weighted by molar-refractivity contribution is -0.118. The standard InChI is InChI=1S/C13H19ClN2OS/c1-9(2)5-6-16-13(17)8-18-12-4-3-10(14)7-11(12)15/h3-4,7,9H,5-6,8,15H2,1-2H3,(H,16,17). The van der Waals surface area contributed by atoms with Crippen LogP contribution in [0.15, 0.2) is 23.1 Å². The molecule has 18 heavy (non-hydrogen) atoms. The molecule has 0 aliphatic rings. The summed E-state index contributed by atoms with van der Waals surface area (Å²) in [6.07, 6.45) is 0.999. The topological polar surface area (TPSA) is 55.1 Å². The van der Waals surface area contributed by atoms with Gasteiger partial charge < -0.3 is 11.1 Å². The van der Waals surface area contributed by atoms with Crippen LogP contribution in [-0.2, 0) is 4.79 Å². The van der Waals surface area contributed by atoms with Gasteiger partial charge in [0.15, 0.2) is 0 Å². The molecule has 0 saturated carbocycles. The summed E-state index contributed by atoms with van der Waals surface area (Å²) in [4.78, 5) is 12.5. The minimum atomic E-state index is 0.0370. The number of rotatable bonds is 6. The van der Waals surface area contributed by atoms with Crippen LogP contribution in [0.25, 0.3) is 0 Å². The zero-order chi connectivity index (χ0) is 13.5. The van der Waals surface area contributed by atoms with Crippen molar-refractivity contribution in [1.82, 2.24) is 5.32 Å². The zero-order valence-electron chi connectivity index (χ0n) is 10.7. The molecule has 5 heteroatoms. The van der Waals surface area contributed by atoms with Gasteiger partial charge in [-0.3, -0.25) is 4.79 Å². The zero-order valence-corrected chi connectivity index (χ0v) is 12.3. The highest BCUT2D eigenvalue weighted by molar-refractivity contribution is 8.00.